The van der Waals surface area contributed by atoms with Gasteiger partial charge in [0.2, 0.25) is 5.91 Å². The third-order valence-corrected chi connectivity index (χ3v) is 3.48. The molecule has 0 aromatic rings. The zero-order valence-corrected chi connectivity index (χ0v) is 8.74. The van der Waals surface area contributed by atoms with Crippen LogP contribution in [0.2, 0.25) is 0 Å². The van der Waals surface area contributed by atoms with Gasteiger partial charge in [0, 0.05) is 25.6 Å². The predicted molar refractivity (Wildman–Crippen MR) is 55.7 cm³/mol. The maximum atomic E-state index is 11.6. The Labute approximate surface area is 85.6 Å². The molecule has 80 valence electrons. The van der Waals surface area contributed by atoms with E-state index in [1.54, 1.807) is 0 Å². The van der Waals surface area contributed by atoms with E-state index in [0.717, 1.165) is 38.8 Å². The predicted octanol–water partition coefficient (Wildman–Crippen LogP) is 1.13. The SMILES string of the molecule is NC1CCC(CN2CCCCC2=O)C1. The van der Waals surface area contributed by atoms with E-state index in [0.29, 0.717) is 17.9 Å². The number of nitrogens with two attached hydrogens (primary N) is 1. The summed E-state index contributed by atoms with van der Waals surface area (Å²) in [5.74, 6) is 1.03. The van der Waals surface area contributed by atoms with Crippen molar-refractivity contribution >= 4 is 5.91 Å². The maximum absolute atomic E-state index is 11.6. The van der Waals surface area contributed by atoms with Crippen molar-refractivity contribution < 1.29 is 4.79 Å². The van der Waals surface area contributed by atoms with E-state index < -0.39 is 0 Å². The Morgan fingerprint density at radius 3 is 2.86 bits per heavy atom. The van der Waals surface area contributed by atoms with Crippen LogP contribution in [0.25, 0.3) is 0 Å². The molecule has 1 amide bonds. The minimum atomic E-state index is 0.358. The number of carbonyl (C=O) groups excluding carboxylic acids is 1. The van der Waals surface area contributed by atoms with Crippen LogP contribution in [-0.4, -0.2) is 29.9 Å². The summed E-state index contributed by atoms with van der Waals surface area (Å²) in [5, 5.41) is 0. The van der Waals surface area contributed by atoms with Gasteiger partial charge in [-0.25, -0.2) is 0 Å². The first kappa shape index (κ1) is 9.97. The quantitative estimate of drug-likeness (QED) is 0.719. The van der Waals surface area contributed by atoms with Gasteiger partial charge in [-0.2, -0.15) is 0 Å². The topological polar surface area (TPSA) is 46.3 Å². The molecular weight excluding hydrogens is 176 g/mol. The molecule has 0 radical (unpaired) electrons. The molecular formula is C11H20N2O. The van der Waals surface area contributed by atoms with Crippen LogP contribution >= 0.6 is 0 Å². The molecule has 14 heavy (non-hydrogen) atoms. The van der Waals surface area contributed by atoms with Gasteiger partial charge in [0.25, 0.3) is 0 Å². The lowest BCUT2D eigenvalue weighted by atomic mass is 10.0. The van der Waals surface area contributed by atoms with Crippen molar-refractivity contribution in [2.75, 3.05) is 13.1 Å². The second kappa shape index (κ2) is 4.30. The monoisotopic (exact) mass is 196 g/mol. The Kier molecular flexibility index (Phi) is 3.06. The fourth-order valence-electron chi connectivity index (χ4n) is 2.65. The highest BCUT2D eigenvalue weighted by atomic mass is 16.2. The van der Waals surface area contributed by atoms with Crippen molar-refractivity contribution in [2.45, 2.75) is 44.6 Å². The highest BCUT2D eigenvalue weighted by molar-refractivity contribution is 5.76. The summed E-state index contributed by atoms with van der Waals surface area (Å²) in [6, 6.07) is 0.389. The van der Waals surface area contributed by atoms with Crippen molar-refractivity contribution in [3.63, 3.8) is 0 Å². The second-order valence-corrected chi connectivity index (χ2v) is 4.74. The Balaban J connectivity index is 1.81. The normalized spacial score (nSPS) is 33.8. The first-order valence-corrected chi connectivity index (χ1v) is 5.79. The second-order valence-electron chi connectivity index (χ2n) is 4.74. The molecule has 2 unspecified atom stereocenters. The molecule has 2 atom stereocenters. The number of rotatable bonds is 2. The Hall–Kier alpha value is -0.570. The average molecular weight is 196 g/mol. The number of hydrogen-bond donors (Lipinski definition) is 1. The van der Waals surface area contributed by atoms with Crippen LogP contribution in [0.15, 0.2) is 0 Å². The zero-order chi connectivity index (χ0) is 9.97. The third-order valence-electron chi connectivity index (χ3n) is 3.48. The molecule has 2 N–H and O–H groups in total. The van der Waals surface area contributed by atoms with E-state index in [2.05, 4.69) is 0 Å². The van der Waals surface area contributed by atoms with Gasteiger partial charge in [-0.15, -0.1) is 0 Å². The van der Waals surface area contributed by atoms with E-state index in [1.807, 2.05) is 4.90 Å². The number of piperidine rings is 1. The molecule has 0 bridgehead atoms. The van der Waals surface area contributed by atoms with E-state index >= 15 is 0 Å². The minimum absolute atomic E-state index is 0.358. The standard InChI is InChI=1S/C11H20N2O/c12-10-5-4-9(7-10)8-13-6-2-1-3-11(13)14/h9-10H,1-8,12H2. The van der Waals surface area contributed by atoms with Crippen LogP contribution in [0, 0.1) is 5.92 Å². The fraction of sp³-hybridized carbons (Fsp3) is 0.909. The number of hydrogen-bond acceptors (Lipinski definition) is 2. The third kappa shape index (κ3) is 2.27. The Bertz CT molecular complexity index is 217. The van der Waals surface area contributed by atoms with Gasteiger partial charge in [-0.1, -0.05) is 0 Å². The highest BCUT2D eigenvalue weighted by Gasteiger charge is 2.26. The first-order chi connectivity index (χ1) is 6.75. The van der Waals surface area contributed by atoms with E-state index in [1.165, 1.54) is 12.8 Å². The minimum Gasteiger partial charge on any atom is -0.342 e. The van der Waals surface area contributed by atoms with Crippen LogP contribution in [0.4, 0.5) is 0 Å². The van der Waals surface area contributed by atoms with Crippen LogP contribution in [0.5, 0.6) is 0 Å². The van der Waals surface area contributed by atoms with Crippen molar-refractivity contribution in [1.29, 1.82) is 0 Å². The molecule has 0 aromatic heterocycles. The fourth-order valence-corrected chi connectivity index (χ4v) is 2.65. The summed E-state index contributed by atoms with van der Waals surface area (Å²) in [5.41, 5.74) is 5.86. The summed E-state index contributed by atoms with van der Waals surface area (Å²) >= 11 is 0. The van der Waals surface area contributed by atoms with Gasteiger partial charge in [0.15, 0.2) is 0 Å². The molecule has 3 heteroatoms. The summed E-state index contributed by atoms with van der Waals surface area (Å²) in [4.78, 5) is 13.6. The molecule has 0 aromatic carbocycles. The summed E-state index contributed by atoms with van der Waals surface area (Å²) in [6.45, 7) is 1.94. The number of carbonyl (C=O) groups is 1. The van der Waals surface area contributed by atoms with Gasteiger partial charge in [-0.3, -0.25) is 4.79 Å². The zero-order valence-electron chi connectivity index (χ0n) is 8.74. The molecule has 1 aliphatic carbocycles. The van der Waals surface area contributed by atoms with Crippen LogP contribution in [0.1, 0.15) is 38.5 Å². The maximum Gasteiger partial charge on any atom is 0.222 e. The van der Waals surface area contributed by atoms with Crippen LogP contribution in [-0.2, 0) is 4.79 Å². The van der Waals surface area contributed by atoms with Gasteiger partial charge in [0.05, 0.1) is 0 Å². The first-order valence-electron chi connectivity index (χ1n) is 5.79. The van der Waals surface area contributed by atoms with Gasteiger partial charge in [0.1, 0.15) is 0 Å². The molecule has 2 rings (SSSR count). The molecule has 0 spiro atoms. The van der Waals surface area contributed by atoms with Gasteiger partial charge in [-0.05, 0) is 38.0 Å². The van der Waals surface area contributed by atoms with E-state index in [4.69, 9.17) is 5.73 Å². The molecule has 1 saturated heterocycles. The van der Waals surface area contributed by atoms with E-state index in [9.17, 15) is 4.79 Å². The molecule has 1 saturated carbocycles. The van der Waals surface area contributed by atoms with Crippen molar-refractivity contribution in [3.05, 3.63) is 0 Å². The number of likely N-dealkylation sites (tertiary alicyclic amines) is 1. The summed E-state index contributed by atoms with van der Waals surface area (Å²) < 4.78 is 0. The molecule has 2 fully saturated rings. The summed E-state index contributed by atoms with van der Waals surface area (Å²) in [6.07, 6.45) is 6.50. The Morgan fingerprint density at radius 2 is 2.21 bits per heavy atom. The molecule has 1 aliphatic heterocycles. The lowest BCUT2D eigenvalue weighted by Crippen LogP contribution is -2.38. The van der Waals surface area contributed by atoms with E-state index in [-0.39, 0.29) is 0 Å². The van der Waals surface area contributed by atoms with Crippen LogP contribution < -0.4 is 5.73 Å². The van der Waals surface area contributed by atoms with Gasteiger partial charge >= 0.3 is 0 Å². The van der Waals surface area contributed by atoms with Gasteiger partial charge < -0.3 is 10.6 Å². The Morgan fingerprint density at radius 1 is 1.36 bits per heavy atom. The number of amides is 1. The van der Waals surface area contributed by atoms with Crippen molar-refractivity contribution in [3.8, 4) is 0 Å². The molecule has 1 heterocycles. The van der Waals surface area contributed by atoms with Crippen molar-refractivity contribution in [2.24, 2.45) is 11.7 Å². The lowest BCUT2D eigenvalue weighted by molar-refractivity contribution is -0.133. The molecule has 2 aliphatic rings. The van der Waals surface area contributed by atoms with Crippen LogP contribution in [0.3, 0.4) is 0 Å². The lowest BCUT2D eigenvalue weighted by Gasteiger charge is -2.29. The average Bonchev–Trinajstić information content (AvgIpc) is 2.56. The smallest absolute Gasteiger partial charge is 0.222 e. The largest absolute Gasteiger partial charge is 0.342 e. The highest BCUT2D eigenvalue weighted by Crippen LogP contribution is 2.26. The molecule has 3 nitrogen and oxygen atoms in total. The number of nitrogens with zero attached hydrogens (tertiary/aromatic N) is 1. The summed E-state index contributed by atoms with van der Waals surface area (Å²) in [7, 11) is 0. The van der Waals surface area contributed by atoms with Crippen molar-refractivity contribution in [1.82, 2.24) is 4.90 Å².